The third-order valence-corrected chi connectivity index (χ3v) is 7.47. The molecule has 0 aliphatic heterocycles. The van der Waals surface area contributed by atoms with Gasteiger partial charge in [0.15, 0.2) is 0 Å². The first-order chi connectivity index (χ1) is 17.3. The molecule has 3 aromatic carbocycles. The lowest BCUT2D eigenvalue weighted by Crippen LogP contribution is -2.51. The highest BCUT2D eigenvalue weighted by Gasteiger charge is 2.32. The third-order valence-electron chi connectivity index (χ3n) is 5.68. The van der Waals surface area contributed by atoms with E-state index in [0.29, 0.717) is 18.0 Å². The van der Waals surface area contributed by atoms with E-state index < -0.39 is 28.5 Å². The number of likely N-dealkylation sites (N-methyl/N-ethyl adjacent to an activating group) is 1. The molecule has 0 heterocycles. The van der Waals surface area contributed by atoms with Gasteiger partial charge in [0.05, 0.1) is 17.7 Å². The maximum atomic E-state index is 13.7. The van der Waals surface area contributed by atoms with Gasteiger partial charge in [-0.15, -0.1) is 0 Å². The predicted molar refractivity (Wildman–Crippen MR) is 139 cm³/mol. The van der Waals surface area contributed by atoms with Gasteiger partial charge >= 0.3 is 0 Å². The summed E-state index contributed by atoms with van der Waals surface area (Å²) < 4.78 is 33.6. The number of carbonyl (C=O) groups is 2. The largest absolute Gasteiger partial charge is 0.497 e. The fraction of sp³-hybridized carbons (Fsp3) is 0.259. The molecule has 0 spiro atoms. The second kappa shape index (κ2) is 12.2. The van der Waals surface area contributed by atoms with Crippen LogP contribution < -0.4 is 14.4 Å². The minimum absolute atomic E-state index is 0.0556. The fourth-order valence-corrected chi connectivity index (χ4v) is 5.12. The van der Waals surface area contributed by atoms with Gasteiger partial charge in [0, 0.05) is 13.1 Å². The molecule has 3 aromatic rings. The zero-order chi connectivity index (χ0) is 26.1. The summed E-state index contributed by atoms with van der Waals surface area (Å²) in [5.41, 5.74) is 1.13. The van der Waals surface area contributed by atoms with Gasteiger partial charge < -0.3 is 15.0 Å². The Kier molecular flexibility index (Phi) is 9.08. The SMILES string of the molecule is CCNC(=O)[C@@H](C)N(Cc1ccccc1)C(=O)CN(c1ccc(OC)cc1)S(=O)(=O)c1ccccc1. The van der Waals surface area contributed by atoms with Gasteiger partial charge in [-0.3, -0.25) is 13.9 Å². The number of ether oxygens (including phenoxy) is 1. The molecule has 0 fully saturated rings. The van der Waals surface area contributed by atoms with E-state index in [4.69, 9.17) is 4.74 Å². The van der Waals surface area contributed by atoms with Gasteiger partial charge in [0.25, 0.3) is 10.0 Å². The average molecular weight is 510 g/mol. The molecule has 36 heavy (non-hydrogen) atoms. The van der Waals surface area contributed by atoms with Crippen molar-refractivity contribution in [1.29, 1.82) is 0 Å². The Bertz CT molecular complexity index is 1250. The highest BCUT2D eigenvalue weighted by Crippen LogP contribution is 2.26. The van der Waals surface area contributed by atoms with Gasteiger partial charge in [-0.05, 0) is 55.8 Å². The summed E-state index contributed by atoms with van der Waals surface area (Å²) in [4.78, 5) is 27.8. The second-order valence-electron chi connectivity index (χ2n) is 8.10. The van der Waals surface area contributed by atoms with Crippen LogP contribution in [0.4, 0.5) is 5.69 Å². The summed E-state index contributed by atoms with van der Waals surface area (Å²) >= 11 is 0. The molecule has 0 bridgehead atoms. The van der Waals surface area contributed by atoms with E-state index in [9.17, 15) is 18.0 Å². The second-order valence-corrected chi connectivity index (χ2v) is 9.96. The maximum Gasteiger partial charge on any atom is 0.264 e. The van der Waals surface area contributed by atoms with Crippen LogP contribution in [0.15, 0.2) is 89.8 Å². The molecular weight excluding hydrogens is 478 g/mol. The Hall–Kier alpha value is -3.85. The lowest BCUT2D eigenvalue weighted by molar-refractivity contribution is -0.139. The van der Waals surface area contributed by atoms with Gasteiger partial charge in [-0.25, -0.2) is 8.42 Å². The van der Waals surface area contributed by atoms with E-state index in [0.717, 1.165) is 9.87 Å². The summed E-state index contributed by atoms with van der Waals surface area (Å²) in [7, 11) is -2.57. The predicted octanol–water partition coefficient (Wildman–Crippen LogP) is 3.44. The standard InChI is InChI=1S/C27H31N3O5S/c1-4-28-27(32)21(2)29(19-22-11-7-5-8-12-22)26(31)20-30(23-15-17-24(35-3)18-16-23)36(33,34)25-13-9-6-10-14-25/h5-18,21H,4,19-20H2,1-3H3,(H,28,32)/t21-/m1/s1. The summed E-state index contributed by atoms with van der Waals surface area (Å²) in [5.74, 6) is -0.269. The number of carbonyl (C=O) groups excluding carboxylic acids is 2. The van der Waals surface area contributed by atoms with Crippen LogP contribution in [0.3, 0.4) is 0 Å². The van der Waals surface area contributed by atoms with Gasteiger partial charge in [-0.2, -0.15) is 0 Å². The lowest BCUT2D eigenvalue weighted by atomic mass is 10.1. The van der Waals surface area contributed by atoms with Crippen LogP contribution in [-0.2, 0) is 26.2 Å². The van der Waals surface area contributed by atoms with Crippen LogP contribution in [0, 0.1) is 0 Å². The van der Waals surface area contributed by atoms with Crippen molar-refractivity contribution in [3.63, 3.8) is 0 Å². The van der Waals surface area contributed by atoms with Gasteiger partial charge in [0.1, 0.15) is 18.3 Å². The summed E-state index contributed by atoms with van der Waals surface area (Å²) in [6, 6.07) is 22.8. The molecule has 9 heteroatoms. The lowest BCUT2D eigenvalue weighted by Gasteiger charge is -2.32. The molecule has 190 valence electrons. The van der Waals surface area contributed by atoms with Crippen LogP contribution in [-0.4, -0.2) is 51.4 Å². The van der Waals surface area contributed by atoms with E-state index in [1.807, 2.05) is 30.3 Å². The molecule has 0 unspecified atom stereocenters. The van der Waals surface area contributed by atoms with Crippen molar-refractivity contribution in [1.82, 2.24) is 10.2 Å². The van der Waals surface area contributed by atoms with Crippen LogP contribution in [0.1, 0.15) is 19.4 Å². The molecule has 3 rings (SSSR count). The first-order valence-electron chi connectivity index (χ1n) is 11.6. The number of nitrogens with one attached hydrogen (secondary N) is 1. The topological polar surface area (TPSA) is 96.0 Å². The molecule has 1 atom stereocenters. The fourth-order valence-electron chi connectivity index (χ4n) is 3.68. The zero-order valence-corrected chi connectivity index (χ0v) is 21.4. The van der Waals surface area contributed by atoms with Crippen LogP contribution in [0.5, 0.6) is 5.75 Å². The van der Waals surface area contributed by atoms with Crippen molar-refractivity contribution in [3.05, 3.63) is 90.5 Å². The average Bonchev–Trinajstić information content (AvgIpc) is 2.91. The summed E-state index contributed by atoms with van der Waals surface area (Å²) in [5, 5.41) is 2.74. The van der Waals surface area contributed by atoms with E-state index in [1.54, 1.807) is 56.3 Å². The van der Waals surface area contributed by atoms with Crippen molar-refractivity contribution >= 4 is 27.5 Å². The number of rotatable bonds is 11. The van der Waals surface area contributed by atoms with Crippen LogP contribution in [0.25, 0.3) is 0 Å². The first kappa shape index (κ1) is 26.7. The molecule has 0 saturated carbocycles. The molecule has 1 N–H and O–H groups in total. The number of nitrogens with zero attached hydrogens (tertiary/aromatic N) is 2. The van der Waals surface area contributed by atoms with E-state index in [1.165, 1.54) is 24.1 Å². The number of anilines is 1. The molecule has 0 aliphatic rings. The van der Waals surface area contributed by atoms with Crippen molar-refractivity contribution < 1.29 is 22.7 Å². The molecule has 0 radical (unpaired) electrons. The van der Waals surface area contributed by atoms with Crippen LogP contribution in [0.2, 0.25) is 0 Å². The quantitative estimate of drug-likeness (QED) is 0.427. The Labute approximate surface area is 212 Å². The first-order valence-corrected chi connectivity index (χ1v) is 13.0. The summed E-state index contributed by atoms with van der Waals surface area (Å²) in [6.45, 7) is 3.51. The number of hydrogen-bond acceptors (Lipinski definition) is 5. The Morgan fingerprint density at radius 2 is 1.50 bits per heavy atom. The van der Waals surface area contributed by atoms with E-state index in [2.05, 4.69) is 5.32 Å². The Morgan fingerprint density at radius 1 is 0.917 bits per heavy atom. The summed E-state index contributed by atoms with van der Waals surface area (Å²) in [6.07, 6.45) is 0. The minimum Gasteiger partial charge on any atom is -0.497 e. The smallest absolute Gasteiger partial charge is 0.264 e. The number of methoxy groups -OCH3 is 1. The van der Waals surface area contributed by atoms with Crippen molar-refractivity contribution in [3.8, 4) is 5.75 Å². The van der Waals surface area contributed by atoms with Crippen LogP contribution >= 0.6 is 0 Å². The highest BCUT2D eigenvalue weighted by molar-refractivity contribution is 7.92. The molecule has 8 nitrogen and oxygen atoms in total. The Morgan fingerprint density at radius 3 is 2.06 bits per heavy atom. The van der Waals surface area contributed by atoms with E-state index in [-0.39, 0.29) is 17.3 Å². The van der Waals surface area contributed by atoms with Crippen molar-refractivity contribution in [2.45, 2.75) is 31.3 Å². The minimum atomic E-state index is -4.09. The van der Waals surface area contributed by atoms with Gasteiger partial charge in [0.2, 0.25) is 11.8 Å². The number of hydrogen-bond donors (Lipinski definition) is 1. The molecule has 0 aromatic heterocycles. The zero-order valence-electron chi connectivity index (χ0n) is 20.6. The molecule has 0 aliphatic carbocycles. The maximum absolute atomic E-state index is 13.7. The van der Waals surface area contributed by atoms with E-state index >= 15 is 0 Å². The molecular formula is C27H31N3O5S. The van der Waals surface area contributed by atoms with Crippen molar-refractivity contribution in [2.75, 3.05) is 24.5 Å². The third kappa shape index (κ3) is 6.42. The van der Waals surface area contributed by atoms with Crippen molar-refractivity contribution in [2.24, 2.45) is 0 Å². The number of amides is 2. The molecule has 2 amide bonds. The highest BCUT2D eigenvalue weighted by atomic mass is 32.2. The number of sulfonamides is 1. The number of benzene rings is 3. The van der Waals surface area contributed by atoms with Gasteiger partial charge in [-0.1, -0.05) is 48.5 Å². The normalized spacial score (nSPS) is 11.9. The Balaban J connectivity index is 2.00. The monoisotopic (exact) mass is 509 g/mol. The molecule has 0 saturated heterocycles.